The maximum atomic E-state index is 12.7. The maximum absolute atomic E-state index is 12.7. The van der Waals surface area contributed by atoms with Gasteiger partial charge in [-0.15, -0.1) is 0 Å². The van der Waals surface area contributed by atoms with Gasteiger partial charge in [-0.2, -0.15) is 13.2 Å². The monoisotopic (exact) mass is 255 g/mol. The van der Waals surface area contributed by atoms with E-state index in [1.165, 1.54) is 12.1 Å². The fraction of sp³-hybridized carbons (Fsp3) is 0.250. The van der Waals surface area contributed by atoms with Crippen LogP contribution in [0.4, 0.5) is 19.1 Å². The van der Waals surface area contributed by atoms with Crippen LogP contribution in [0.3, 0.4) is 0 Å². The first-order valence-corrected chi connectivity index (χ1v) is 5.37. The summed E-state index contributed by atoms with van der Waals surface area (Å²) < 4.78 is 38.2. The number of hydrogen-bond acceptors (Lipinski definition) is 2. The molecular weight excluding hydrogens is 243 g/mol. The molecule has 0 aliphatic carbocycles. The van der Waals surface area contributed by atoms with Crippen molar-refractivity contribution in [2.24, 2.45) is 0 Å². The van der Waals surface area contributed by atoms with Crippen molar-refractivity contribution in [3.63, 3.8) is 0 Å². The molecule has 0 bridgehead atoms. The average molecular weight is 255 g/mol. The molecule has 2 rings (SSSR count). The molecule has 3 nitrogen and oxygen atoms in total. The van der Waals surface area contributed by atoms with Crippen molar-refractivity contribution in [2.75, 3.05) is 5.32 Å². The molecule has 0 aliphatic heterocycles. The van der Waals surface area contributed by atoms with Crippen molar-refractivity contribution in [3.05, 3.63) is 47.3 Å². The van der Waals surface area contributed by atoms with Crippen molar-refractivity contribution < 1.29 is 13.2 Å². The summed E-state index contributed by atoms with van der Waals surface area (Å²) in [4.78, 5) is 6.88. The van der Waals surface area contributed by atoms with Gasteiger partial charge in [0.2, 0.25) is 5.95 Å². The number of H-pyrrole nitrogens is 1. The highest BCUT2D eigenvalue weighted by atomic mass is 19.4. The predicted molar refractivity (Wildman–Crippen MR) is 62.1 cm³/mol. The lowest BCUT2D eigenvalue weighted by Crippen LogP contribution is -2.12. The topological polar surface area (TPSA) is 40.7 Å². The van der Waals surface area contributed by atoms with E-state index in [2.05, 4.69) is 15.3 Å². The second-order valence-corrected chi connectivity index (χ2v) is 3.92. The molecule has 0 saturated heterocycles. The lowest BCUT2D eigenvalue weighted by molar-refractivity contribution is -0.138. The van der Waals surface area contributed by atoms with E-state index < -0.39 is 11.7 Å². The van der Waals surface area contributed by atoms with E-state index in [1.807, 2.05) is 6.92 Å². The van der Waals surface area contributed by atoms with Gasteiger partial charge in [-0.05, 0) is 18.6 Å². The van der Waals surface area contributed by atoms with Crippen LogP contribution in [0.5, 0.6) is 0 Å². The van der Waals surface area contributed by atoms with Gasteiger partial charge in [0, 0.05) is 18.4 Å². The number of aryl methyl sites for hydroxylation is 1. The minimum atomic E-state index is -4.34. The Morgan fingerprint density at radius 2 is 2.00 bits per heavy atom. The molecule has 0 radical (unpaired) electrons. The lowest BCUT2D eigenvalue weighted by Gasteiger charge is -2.12. The van der Waals surface area contributed by atoms with Gasteiger partial charge in [-0.3, -0.25) is 0 Å². The van der Waals surface area contributed by atoms with E-state index in [0.29, 0.717) is 5.95 Å². The van der Waals surface area contributed by atoms with E-state index in [0.717, 1.165) is 11.8 Å². The molecule has 0 saturated carbocycles. The van der Waals surface area contributed by atoms with Crippen molar-refractivity contribution in [1.82, 2.24) is 9.97 Å². The van der Waals surface area contributed by atoms with E-state index in [1.54, 1.807) is 12.3 Å². The van der Waals surface area contributed by atoms with Crippen molar-refractivity contribution in [3.8, 4) is 0 Å². The summed E-state index contributed by atoms with van der Waals surface area (Å²) in [5.74, 6) is 0.462. The van der Waals surface area contributed by atoms with Gasteiger partial charge in [0.15, 0.2) is 0 Å². The van der Waals surface area contributed by atoms with Crippen LogP contribution in [0.15, 0.2) is 30.5 Å². The van der Waals surface area contributed by atoms with Gasteiger partial charge in [0.1, 0.15) is 0 Å². The molecule has 1 aromatic heterocycles. The summed E-state index contributed by atoms with van der Waals surface area (Å²) in [5.41, 5.74) is 0.418. The van der Waals surface area contributed by atoms with E-state index >= 15 is 0 Å². The Bertz CT molecular complexity index is 531. The zero-order chi connectivity index (χ0) is 13.2. The Hall–Kier alpha value is -1.98. The molecule has 2 aromatic rings. The Balaban J connectivity index is 2.14. The standard InChI is InChI=1S/C12H12F3N3/c1-8-6-16-11(18-8)17-7-9-4-2-3-5-10(9)12(13,14)15/h2-6H,7H2,1H3,(H2,16,17,18). The Morgan fingerprint density at radius 1 is 1.28 bits per heavy atom. The Labute approximate surface area is 102 Å². The Kier molecular flexibility index (Phi) is 3.27. The molecule has 18 heavy (non-hydrogen) atoms. The summed E-state index contributed by atoms with van der Waals surface area (Å²) in [6.45, 7) is 1.89. The zero-order valence-electron chi connectivity index (χ0n) is 9.67. The van der Waals surface area contributed by atoms with E-state index in [-0.39, 0.29) is 12.1 Å². The first-order chi connectivity index (χ1) is 8.47. The number of nitrogens with zero attached hydrogens (tertiary/aromatic N) is 1. The van der Waals surface area contributed by atoms with E-state index in [9.17, 15) is 13.2 Å². The molecular formula is C12H12F3N3. The summed E-state index contributed by atoms with van der Waals surface area (Å²) in [7, 11) is 0. The number of rotatable bonds is 3. The number of aromatic nitrogens is 2. The molecule has 0 amide bonds. The van der Waals surface area contributed by atoms with Crippen LogP contribution in [0, 0.1) is 6.92 Å². The maximum Gasteiger partial charge on any atom is 0.416 e. The fourth-order valence-corrected chi connectivity index (χ4v) is 1.63. The van der Waals surface area contributed by atoms with Crippen LogP contribution >= 0.6 is 0 Å². The molecule has 0 fully saturated rings. The van der Waals surface area contributed by atoms with Crippen molar-refractivity contribution in [1.29, 1.82) is 0 Å². The first kappa shape index (κ1) is 12.5. The summed E-state index contributed by atoms with van der Waals surface area (Å²) >= 11 is 0. The zero-order valence-corrected chi connectivity index (χ0v) is 9.67. The van der Waals surface area contributed by atoms with Gasteiger partial charge in [-0.25, -0.2) is 4.98 Å². The van der Waals surface area contributed by atoms with Crippen LogP contribution in [0.2, 0.25) is 0 Å². The largest absolute Gasteiger partial charge is 0.416 e. The van der Waals surface area contributed by atoms with Gasteiger partial charge in [-0.1, -0.05) is 18.2 Å². The molecule has 0 aliphatic rings. The lowest BCUT2D eigenvalue weighted by atomic mass is 10.1. The number of imidazole rings is 1. The number of benzene rings is 1. The van der Waals surface area contributed by atoms with Crippen molar-refractivity contribution in [2.45, 2.75) is 19.6 Å². The highest BCUT2D eigenvalue weighted by molar-refractivity contribution is 5.34. The Morgan fingerprint density at radius 3 is 2.61 bits per heavy atom. The molecule has 2 N–H and O–H groups in total. The van der Waals surface area contributed by atoms with Gasteiger partial charge >= 0.3 is 6.18 Å². The molecule has 0 unspecified atom stereocenters. The van der Waals surface area contributed by atoms with Gasteiger partial charge < -0.3 is 10.3 Å². The first-order valence-electron chi connectivity index (χ1n) is 5.37. The quantitative estimate of drug-likeness (QED) is 0.883. The third-order valence-corrected chi connectivity index (χ3v) is 2.47. The second-order valence-electron chi connectivity index (χ2n) is 3.92. The van der Waals surface area contributed by atoms with Crippen LogP contribution in [0.1, 0.15) is 16.8 Å². The SMILES string of the molecule is Cc1cnc(NCc2ccccc2C(F)(F)F)[nH]1. The van der Waals surface area contributed by atoms with Crippen molar-refractivity contribution >= 4 is 5.95 Å². The van der Waals surface area contributed by atoms with Crippen LogP contribution in [-0.4, -0.2) is 9.97 Å². The molecule has 96 valence electrons. The summed E-state index contributed by atoms with van der Waals surface area (Å²) in [5, 5.41) is 2.83. The van der Waals surface area contributed by atoms with E-state index in [4.69, 9.17) is 0 Å². The molecule has 6 heteroatoms. The number of halogens is 3. The van der Waals surface area contributed by atoms with Gasteiger partial charge in [0.05, 0.1) is 5.56 Å². The average Bonchev–Trinajstić information content (AvgIpc) is 2.72. The van der Waals surface area contributed by atoms with Gasteiger partial charge in [0.25, 0.3) is 0 Å². The summed E-state index contributed by atoms with van der Waals surface area (Å²) in [6.07, 6.45) is -2.73. The minimum Gasteiger partial charge on any atom is -0.352 e. The number of anilines is 1. The third kappa shape index (κ3) is 2.82. The van der Waals surface area contributed by atoms with Crippen LogP contribution < -0.4 is 5.32 Å². The second kappa shape index (κ2) is 4.72. The number of hydrogen-bond donors (Lipinski definition) is 2. The number of nitrogens with one attached hydrogen (secondary N) is 2. The molecule has 1 aromatic carbocycles. The summed E-state index contributed by atoms with van der Waals surface area (Å²) in [6, 6.07) is 5.49. The van der Waals surface area contributed by atoms with Crippen LogP contribution in [0.25, 0.3) is 0 Å². The highest BCUT2D eigenvalue weighted by Gasteiger charge is 2.32. The smallest absolute Gasteiger partial charge is 0.352 e. The normalized spacial score (nSPS) is 11.6. The highest BCUT2D eigenvalue weighted by Crippen LogP contribution is 2.31. The van der Waals surface area contributed by atoms with Crippen LogP contribution in [-0.2, 0) is 12.7 Å². The molecule has 0 spiro atoms. The number of alkyl halides is 3. The minimum absolute atomic E-state index is 0.0721. The molecule has 1 heterocycles. The third-order valence-electron chi connectivity index (χ3n) is 2.47. The number of aromatic amines is 1. The fourth-order valence-electron chi connectivity index (χ4n) is 1.63. The predicted octanol–water partition coefficient (Wildman–Crippen LogP) is 3.35. The molecule has 0 atom stereocenters.